The Hall–Kier alpha value is -2.59. The number of piperidine rings is 1. The first kappa shape index (κ1) is 16.9. The molecule has 0 spiro atoms. The van der Waals surface area contributed by atoms with Gasteiger partial charge in [-0.05, 0) is 30.5 Å². The van der Waals surface area contributed by atoms with Gasteiger partial charge in [-0.25, -0.2) is 0 Å². The van der Waals surface area contributed by atoms with Crippen LogP contribution in [-0.2, 0) is 6.54 Å². The number of benzene rings is 2. The van der Waals surface area contributed by atoms with Crippen LogP contribution in [0.4, 0.5) is 0 Å². The van der Waals surface area contributed by atoms with Crippen molar-refractivity contribution in [1.29, 1.82) is 0 Å². The van der Waals surface area contributed by atoms with Crippen molar-refractivity contribution >= 4 is 11.0 Å². The number of nitrogens with one attached hydrogen (secondary N) is 1. The van der Waals surface area contributed by atoms with Crippen molar-refractivity contribution in [2.75, 3.05) is 13.1 Å². The van der Waals surface area contributed by atoms with E-state index in [0.717, 1.165) is 24.2 Å². The highest BCUT2D eigenvalue weighted by atomic mass is 16.3. The molecule has 26 heavy (non-hydrogen) atoms. The topological polar surface area (TPSA) is 54.9 Å². The molecule has 2 N–H and O–H groups in total. The van der Waals surface area contributed by atoms with Crippen LogP contribution in [0.5, 0.6) is 5.75 Å². The Bertz CT molecular complexity index is 978. The lowest BCUT2D eigenvalue weighted by Gasteiger charge is -2.28. The van der Waals surface area contributed by atoms with Crippen LogP contribution >= 0.6 is 0 Å². The van der Waals surface area contributed by atoms with E-state index in [2.05, 4.69) is 6.92 Å². The minimum absolute atomic E-state index is 0.0549. The zero-order valence-electron chi connectivity index (χ0n) is 15.0. The second-order valence-corrected chi connectivity index (χ2v) is 7.41. The van der Waals surface area contributed by atoms with Gasteiger partial charge in [0.1, 0.15) is 24.1 Å². The molecule has 1 saturated heterocycles. The summed E-state index contributed by atoms with van der Waals surface area (Å²) in [5.74, 6) is 0.895. The fraction of sp³-hybridized carbons (Fsp3) is 0.318. The summed E-state index contributed by atoms with van der Waals surface area (Å²) in [5, 5.41) is 10.9. The van der Waals surface area contributed by atoms with Crippen molar-refractivity contribution in [2.24, 2.45) is 5.92 Å². The molecular formula is C22H24NO3+. The first-order chi connectivity index (χ1) is 12.6. The number of rotatable bonds is 3. The van der Waals surface area contributed by atoms with E-state index >= 15 is 0 Å². The van der Waals surface area contributed by atoms with Crippen molar-refractivity contribution in [3.8, 4) is 16.9 Å². The molecule has 134 valence electrons. The van der Waals surface area contributed by atoms with Gasteiger partial charge in [-0.2, -0.15) is 0 Å². The summed E-state index contributed by atoms with van der Waals surface area (Å²) in [4.78, 5) is 14.4. The number of phenols is 1. The molecule has 0 radical (unpaired) electrons. The normalized spacial score (nSPS) is 20.3. The number of aromatic hydroxyl groups is 1. The smallest absolute Gasteiger partial charge is 0.200 e. The number of quaternary nitrogens is 1. The highest BCUT2D eigenvalue weighted by Gasteiger charge is 2.23. The summed E-state index contributed by atoms with van der Waals surface area (Å²) in [6, 6.07) is 12.8. The second kappa shape index (κ2) is 6.96. The summed E-state index contributed by atoms with van der Waals surface area (Å²) >= 11 is 0. The van der Waals surface area contributed by atoms with Crippen molar-refractivity contribution in [2.45, 2.75) is 26.3 Å². The van der Waals surface area contributed by atoms with E-state index in [1.54, 1.807) is 12.1 Å². The first-order valence-electron chi connectivity index (χ1n) is 9.29. The van der Waals surface area contributed by atoms with E-state index < -0.39 is 0 Å². The molecule has 4 heteroatoms. The average molecular weight is 350 g/mol. The lowest BCUT2D eigenvalue weighted by Crippen LogP contribution is -3.12. The molecule has 2 unspecified atom stereocenters. The Morgan fingerprint density at radius 2 is 2.00 bits per heavy atom. The molecule has 1 aliphatic rings. The zero-order chi connectivity index (χ0) is 18.1. The maximum atomic E-state index is 13.0. The average Bonchev–Trinajstić information content (AvgIpc) is 2.65. The molecule has 0 aliphatic carbocycles. The van der Waals surface area contributed by atoms with E-state index in [-0.39, 0.29) is 11.2 Å². The summed E-state index contributed by atoms with van der Waals surface area (Å²) < 4.78 is 5.89. The Kier molecular flexibility index (Phi) is 4.51. The Morgan fingerprint density at radius 1 is 1.19 bits per heavy atom. The van der Waals surface area contributed by atoms with E-state index in [4.69, 9.17) is 4.42 Å². The summed E-state index contributed by atoms with van der Waals surface area (Å²) in [6.45, 7) is 5.13. The van der Waals surface area contributed by atoms with Gasteiger partial charge in [0, 0.05) is 5.92 Å². The predicted octanol–water partition coefficient (Wildman–Crippen LogP) is 2.98. The highest BCUT2D eigenvalue weighted by molar-refractivity contribution is 5.85. The van der Waals surface area contributed by atoms with Crippen LogP contribution in [0.2, 0.25) is 0 Å². The van der Waals surface area contributed by atoms with Gasteiger partial charge in [0.25, 0.3) is 0 Å². The summed E-state index contributed by atoms with van der Waals surface area (Å²) in [6.07, 6.45) is 3.99. The molecule has 3 aromatic rings. The van der Waals surface area contributed by atoms with E-state index in [1.165, 1.54) is 24.0 Å². The largest absolute Gasteiger partial charge is 0.507 e. The van der Waals surface area contributed by atoms with Gasteiger partial charge in [-0.3, -0.25) is 4.79 Å². The molecule has 1 fully saturated rings. The summed E-state index contributed by atoms with van der Waals surface area (Å²) in [5.41, 5.74) is 2.59. The maximum Gasteiger partial charge on any atom is 0.200 e. The second-order valence-electron chi connectivity index (χ2n) is 7.41. The van der Waals surface area contributed by atoms with Gasteiger partial charge in [0.2, 0.25) is 5.43 Å². The number of hydrogen-bond acceptors (Lipinski definition) is 3. The van der Waals surface area contributed by atoms with E-state index in [0.29, 0.717) is 29.0 Å². The maximum absolute atomic E-state index is 13.0. The Labute approximate surface area is 152 Å². The number of likely N-dealkylation sites (tertiary alicyclic amines) is 1. The monoisotopic (exact) mass is 350 g/mol. The molecule has 0 saturated carbocycles. The zero-order valence-corrected chi connectivity index (χ0v) is 15.0. The third-order valence-electron chi connectivity index (χ3n) is 5.40. The molecule has 2 aromatic carbocycles. The molecular weight excluding hydrogens is 326 g/mol. The minimum Gasteiger partial charge on any atom is -0.507 e. The third-order valence-corrected chi connectivity index (χ3v) is 5.40. The Balaban J connectivity index is 1.78. The molecule has 2 atom stereocenters. The van der Waals surface area contributed by atoms with Gasteiger partial charge in [-0.15, -0.1) is 0 Å². The molecule has 4 nitrogen and oxygen atoms in total. The molecule has 0 bridgehead atoms. The lowest BCUT2D eigenvalue weighted by molar-refractivity contribution is -0.922. The van der Waals surface area contributed by atoms with Crippen molar-refractivity contribution < 1.29 is 14.4 Å². The third kappa shape index (κ3) is 3.13. The van der Waals surface area contributed by atoms with Crippen LogP contribution in [0.15, 0.2) is 57.9 Å². The van der Waals surface area contributed by atoms with Crippen LogP contribution in [0.25, 0.3) is 22.1 Å². The molecule has 0 amide bonds. The number of fused-ring (bicyclic) bond motifs is 1. The highest BCUT2D eigenvalue weighted by Crippen LogP contribution is 2.27. The van der Waals surface area contributed by atoms with Crippen molar-refractivity contribution in [1.82, 2.24) is 0 Å². The lowest BCUT2D eigenvalue weighted by atomic mass is 9.99. The predicted molar refractivity (Wildman–Crippen MR) is 102 cm³/mol. The van der Waals surface area contributed by atoms with E-state index in [9.17, 15) is 9.90 Å². The van der Waals surface area contributed by atoms with Crippen LogP contribution in [0.1, 0.15) is 25.3 Å². The fourth-order valence-corrected chi connectivity index (χ4v) is 4.04. The van der Waals surface area contributed by atoms with Crippen LogP contribution in [0, 0.1) is 5.92 Å². The minimum atomic E-state index is -0.0549. The quantitative estimate of drug-likeness (QED) is 0.764. The molecule has 1 aromatic heterocycles. The van der Waals surface area contributed by atoms with Gasteiger partial charge in [0.05, 0.1) is 29.6 Å². The van der Waals surface area contributed by atoms with Crippen LogP contribution < -0.4 is 10.3 Å². The van der Waals surface area contributed by atoms with Gasteiger partial charge < -0.3 is 14.4 Å². The van der Waals surface area contributed by atoms with Gasteiger partial charge >= 0.3 is 0 Å². The van der Waals surface area contributed by atoms with Crippen LogP contribution in [0.3, 0.4) is 0 Å². The standard InChI is InChI=1S/C22H23NO3/c1-15-6-5-11-23(12-15)13-18-20(24)10-9-17-21(25)19(14-26-22(17)18)16-7-3-2-4-8-16/h2-4,7-10,14-15,24H,5-6,11-13H2,1H3/p+1. The molecule has 1 aliphatic heterocycles. The first-order valence-corrected chi connectivity index (χ1v) is 9.29. The molecule has 2 heterocycles. The fourth-order valence-electron chi connectivity index (χ4n) is 4.04. The molecule has 4 rings (SSSR count). The van der Waals surface area contributed by atoms with Gasteiger partial charge in [-0.1, -0.05) is 37.3 Å². The summed E-state index contributed by atoms with van der Waals surface area (Å²) in [7, 11) is 0. The Morgan fingerprint density at radius 3 is 2.77 bits per heavy atom. The number of hydrogen-bond donors (Lipinski definition) is 2. The van der Waals surface area contributed by atoms with Gasteiger partial charge in [0.15, 0.2) is 0 Å². The van der Waals surface area contributed by atoms with Crippen LogP contribution in [-0.4, -0.2) is 18.2 Å². The SMILES string of the molecule is CC1CCC[NH+](Cc2c(O)ccc3c(=O)c(-c4ccccc4)coc23)C1. The van der Waals surface area contributed by atoms with E-state index in [1.807, 2.05) is 30.3 Å². The number of phenolic OH excluding ortho intramolecular Hbond substituents is 1. The van der Waals surface area contributed by atoms with Crippen molar-refractivity contribution in [3.63, 3.8) is 0 Å². The van der Waals surface area contributed by atoms with Crippen molar-refractivity contribution in [3.05, 3.63) is 64.5 Å².